The zero-order chi connectivity index (χ0) is 15.1. The Labute approximate surface area is 122 Å². The molecule has 0 radical (unpaired) electrons. The van der Waals surface area contributed by atoms with Gasteiger partial charge in [-0.05, 0) is 13.3 Å². The Hall–Kier alpha value is -2.51. The van der Waals surface area contributed by atoms with E-state index < -0.39 is 0 Å². The lowest BCUT2D eigenvalue weighted by Gasteiger charge is -2.06. The first-order chi connectivity index (χ1) is 10.2. The van der Waals surface area contributed by atoms with Gasteiger partial charge < -0.3 is 15.2 Å². The molecule has 21 heavy (non-hydrogen) atoms. The van der Waals surface area contributed by atoms with Crippen LogP contribution < -0.4 is 10.6 Å². The first kappa shape index (κ1) is 14.9. The fraction of sp³-hybridized carbons (Fsp3) is 0.462. The highest BCUT2D eigenvalue weighted by atomic mass is 16.5. The molecule has 2 heterocycles. The molecule has 8 nitrogen and oxygen atoms in total. The van der Waals surface area contributed by atoms with Crippen molar-refractivity contribution in [1.82, 2.24) is 25.4 Å². The van der Waals surface area contributed by atoms with Crippen LogP contribution in [0.1, 0.15) is 35.5 Å². The lowest BCUT2D eigenvalue weighted by Crippen LogP contribution is -2.27. The Kier molecular flexibility index (Phi) is 5.19. The van der Waals surface area contributed by atoms with Crippen molar-refractivity contribution in [1.29, 1.82) is 0 Å². The third-order valence-corrected chi connectivity index (χ3v) is 2.62. The van der Waals surface area contributed by atoms with Crippen LogP contribution in [0.25, 0.3) is 0 Å². The highest BCUT2D eigenvalue weighted by molar-refractivity contribution is 5.92. The summed E-state index contributed by atoms with van der Waals surface area (Å²) in [6.07, 6.45) is 4.48. The number of rotatable bonds is 7. The zero-order valence-corrected chi connectivity index (χ0v) is 12.1. The van der Waals surface area contributed by atoms with E-state index in [-0.39, 0.29) is 11.6 Å². The van der Waals surface area contributed by atoms with Gasteiger partial charge in [-0.25, -0.2) is 4.98 Å². The van der Waals surface area contributed by atoms with Crippen molar-refractivity contribution < 1.29 is 9.32 Å². The summed E-state index contributed by atoms with van der Waals surface area (Å²) in [6, 6.07) is 0. The van der Waals surface area contributed by atoms with Gasteiger partial charge in [-0.1, -0.05) is 12.1 Å². The Balaban J connectivity index is 1.85. The maximum Gasteiger partial charge on any atom is 0.271 e. The quantitative estimate of drug-likeness (QED) is 0.782. The molecule has 0 aliphatic rings. The summed E-state index contributed by atoms with van der Waals surface area (Å²) in [7, 11) is 0. The van der Waals surface area contributed by atoms with Crippen LogP contribution in [0.3, 0.4) is 0 Å². The normalized spacial score (nSPS) is 10.4. The zero-order valence-electron chi connectivity index (χ0n) is 12.1. The van der Waals surface area contributed by atoms with Crippen LogP contribution in [-0.2, 0) is 6.42 Å². The van der Waals surface area contributed by atoms with Crippen molar-refractivity contribution >= 4 is 11.7 Å². The van der Waals surface area contributed by atoms with Gasteiger partial charge in [0.05, 0.1) is 12.4 Å². The van der Waals surface area contributed by atoms with E-state index in [1.54, 1.807) is 13.1 Å². The Morgan fingerprint density at radius 1 is 1.29 bits per heavy atom. The molecule has 8 heteroatoms. The van der Waals surface area contributed by atoms with Gasteiger partial charge in [0, 0.05) is 19.5 Å². The molecule has 0 aromatic carbocycles. The van der Waals surface area contributed by atoms with E-state index in [0.717, 1.165) is 13.0 Å². The van der Waals surface area contributed by atoms with E-state index >= 15 is 0 Å². The number of hydrogen-bond acceptors (Lipinski definition) is 7. The molecule has 1 amide bonds. The molecule has 2 rings (SSSR count). The predicted octanol–water partition coefficient (Wildman–Crippen LogP) is 0.962. The van der Waals surface area contributed by atoms with Crippen LogP contribution in [0.15, 0.2) is 16.9 Å². The number of carbonyl (C=O) groups excluding carboxylic acids is 1. The predicted molar refractivity (Wildman–Crippen MR) is 75.9 cm³/mol. The molecule has 0 saturated carbocycles. The number of anilines is 1. The lowest BCUT2D eigenvalue weighted by molar-refractivity contribution is 0.0948. The molecule has 2 aromatic heterocycles. The average molecular weight is 290 g/mol. The van der Waals surface area contributed by atoms with Gasteiger partial charge >= 0.3 is 0 Å². The van der Waals surface area contributed by atoms with Crippen LogP contribution in [0.2, 0.25) is 0 Å². The monoisotopic (exact) mass is 290 g/mol. The summed E-state index contributed by atoms with van der Waals surface area (Å²) in [5, 5.41) is 9.51. The van der Waals surface area contributed by atoms with E-state index in [4.69, 9.17) is 4.52 Å². The molecule has 0 fully saturated rings. The minimum Gasteiger partial charge on any atom is -0.369 e. The molecule has 0 atom stereocenters. The summed E-state index contributed by atoms with van der Waals surface area (Å²) in [4.78, 5) is 24.2. The van der Waals surface area contributed by atoms with Crippen LogP contribution in [0, 0.1) is 6.92 Å². The van der Waals surface area contributed by atoms with Gasteiger partial charge in [-0.3, -0.25) is 9.78 Å². The van der Waals surface area contributed by atoms with Gasteiger partial charge in [-0.15, -0.1) is 0 Å². The Morgan fingerprint density at radius 2 is 2.14 bits per heavy atom. The number of nitrogens with one attached hydrogen (secondary N) is 2. The highest BCUT2D eigenvalue weighted by Gasteiger charge is 2.09. The number of carbonyl (C=O) groups is 1. The van der Waals surface area contributed by atoms with Crippen molar-refractivity contribution in [2.75, 3.05) is 18.4 Å². The molecular formula is C13H18N6O2. The minimum atomic E-state index is -0.279. The van der Waals surface area contributed by atoms with E-state index in [0.29, 0.717) is 30.5 Å². The van der Waals surface area contributed by atoms with Crippen LogP contribution >= 0.6 is 0 Å². The number of aryl methyl sites for hydroxylation is 1. The van der Waals surface area contributed by atoms with Crippen molar-refractivity contribution in [2.45, 2.75) is 26.7 Å². The minimum absolute atomic E-state index is 0.276. The molecule has 2 N–H and O–H groups in total. The van der Waals surface area contributed by atoms with Gasteiger partial charge in [0.15, 0.2) is 5.82 Å². The molecule has 2 aromatic rings. The van der Waals surface area contributed by atoms with E-state index in [9.17, 15) is 4.79 Å². The van der Waals surface area contributed by atoms with Crippen LogP contribution in [0.4, 0.5) is 5.82 Å². The third-order valence-electron chi connectivity index (χ3n) is 2.62. The second kappa shape index (κ2) is 7.32. The molecule has 0 aliphatic carbocycles. The first-order valence-corrected chi connectivity index (χ1v) is 6.82. The summed E-state index contributed by atoms with van der Waals surface area (Å²) in [6.45, 7) is 4.98. The fourth-order valence-corrected chi connectivity index (χ4v) is 1.63. The summed E-state index contributed by atoms with van der Waals surface area (Å²) in [5.74, 6) is 1.39. The van der Waals surface area contributed by atoms with Gasteiger partial charge in [0.2, 0.25) is 5.89 Å². The third kappa shape index (κ3) is 4.51. The smallest absolute Gasteiger partial charge is 0.271 e. The lowest BCUT2D eigenvalue weighted by atomic mass is 10.3. The number of nitrogens with zero attached hydrogens (tertiary/aromatic N) is 4. The maximum atomic E-state index is 12.0. The van der Waals surface area contributed by atoms with Gasteiger partial charge in [-0.2, -0.15) is 4.98 Å². The SMILES string of the molecule is CCCNc1cncc(C(=O)NCCc2nc(C)no2)n1. The molecule has 112 valence electrons. The van der Waals surface area contributed by atoms with Crippen molar-refractivity contribution in [3.8, 4) is 0 Å². The van der Waals surface area contributed by atoms with Crippen LogP contribution in [0.5, 0.6) is 0 Å². The van der Waals surface area contributed by atoms with Gasteiger partial charge in [0.25, 0.3) is 5.91 Å². The van der Waals surface area contributed by atoms with Gasteiger partial charge in [0.1, 0.15) is 11.5 Å². The van der Waals surface area contributed by atoms with E-state index in [2.05, 4.69) is 37.7 Å². The fourth-order valence-electron chi connectivity index (χ4n) is 1.63. The maximum absolute atomic E-state index is 12.0. The highest BCUT2D eigenvalue weighted by Crippen LogP contribution is 2.02. The first-order valence-electron chi connectivity index (χ1n) is 6.82. The second-order valence-corrected chi connectivity index (χ2v) is 4.46. The number of hydrogen-bond donors (Lipinski definition) is 2. The summed E-state index contributed by atoms with van der Waals surface area (Å²) < 4.78 is 4.96. The Morgan fingerprint density at radius 3 is 2.86 bits per heavy atom. The molecule has 0 aliphatic heterocycles. The number of amides is 1. The standard InChI is InChI=1S/C13H18N6O2/c1-3-5-15-11-8-14-7-10(18-11)13(20)16-6-4-12-17-9(2)19-21-12/h7-8H,3-6H2,1-2H3,(H,15,18)(H,16,20). The molecule has 0 spiro atoms. The average Bonchev–Trinajstić information content (AvgIpc) is 2.91. The van der Waals surface area contributed by atoms with Crippen LogP contribution in [-0.4, -0.2) is 39.1 Å². The summed E-state index contributed by atoms with van der Waals surface area (Å²) in [5.41, 5.74) is 0.276. The molecule has 0 unspecified atom stereocenters. The molecular weight excluding hydrogens is 272 g/mol. The molecule has 0 saturated heterocycles. The topological polar surface area (TPSA) is 106 Å². The molecule has 0 bridgehead atoms. The second-order valence-electron chi connectivity index (χ2n) is 4.46. The van der Waals surface area contributed by atoms with Crippen molar-refractivity contribution in [2.24, 2.45) is 0 Å². The van der Waals surface area contributed by atoms with Crippen molar-refractivity contribution in [3.63, 3.8) is 0 Å². The number of aromatic nitrogens is 4. The van der Waals surface area contributed by atoms with Crippen molar-refractivity contribution in [3.05, 3.63) is 29.8 Å². The Bertz CT molecular complexity index is 598. The van der Waals surface area contributed by atoms with E-state index in [1.165, 1.54) is 6.20 Å². The largest absolute Gasteiger partial charge is 0.369 e. The van der Waals surface area contributed by atoms with E-state index in [1.807, 2.05) is 0 Å². The summed E-state index contributed by atoms with van der Waals surface area (Å²) >= 11 is 0.